The van der Waals surface area contributed by atoms with Gasteiger partial charge in [-0.15, -0.1) is 0 Å². The van der Waals surface area contributed by atoms with E-state index in [1.54, 1.807) is 0 Å². The van der Waals surface area contributed by atoms with Crippen molar-refractivity contribution in [2.45, 2.75) is 18.6 Å². The number of likely N-dealkylation sites (tertiary alicyclic amines) is 1. The molecule has 0 aliphatic carbocycles. The van der Waals surface area contributed by atoms with Crippen LogP contribution >= 0.6 is 0 Å². The van der Waals surface area contributed by atoms with Crippen LogP contribution in [-0.4, -0.2) is 43.7 Å². The van der Waals surface area contributed by atoms with Crippen LogP contribution in [0.1, 0.15) is 12.8 Å². The van der Waals surface area contributed by atoms with Crippen LogP contribution in [0.15, 0.2) is 0 Å². The molecule has 0 aromatic carbocycles. The van der Waals surface area contributed by atoms with E-state index in [9.17, 15) is 0 Å². The zero-order valence-electron chi connectivity index (χ0n) is 7.29. The summed E-state index contributed by atoms with van der Waals surface area (Å²) in [6, 6.07) is 0. The van der Waals surface area contributed by atoms with Gasteiger partial charge in [-0.3, -0.25) is 4.90 Å². The quantitative estimate of drug-likeness (QED) is 0.592. The Hall–Kier alpha value is -0.160. The van der Waals surface area contributed by atoms with E-state index in [2.05, 4.69) is 4.90 Å². The maximum absolute atomic E-state index is 5.58. The van der Waals surface area contributed by atoms with Gasteiger partial charge in [0.25, 0.3) is 0 Å². The monoisotopic (exact) mass is 172 g/mol. The second kappa shape index (κ2) is 3.30. The number of nitrogens with zero attached hydrogens (tertiary/aromatic N) is 1. The Balaban J connectivity index is 1.88. The van der Waals surface area contributed by atoms with Gasteiger partial charge >= 0.3 is 0 Å². The summed E-state index contributed by atoms with van der Waals surface area (Å²) in [7, 11) is 0. The van der Waals surface area contributed by atoms with Crippen molar-refractivity contribution < 1.29 is 9.47 Å². The first-order chi connectivity index (χ1) is 5.85. The van der Waals surface area contributed by atoms with E-state index in [0.717, 1.165) is 39.1 Å². The van der Waals surface area contributed by atoms with E-state index < -0.39 is 0 Å². The van der Waals surface area contributed by atoms with Crippen LogP contribution in [0.4, 0.5) is 0 Å². The zero-order chi connectivity index (χ0) is 8.44. The molecule has 2 aliphatic heterocycles. The lowest BCUT2D eigenvalue weighted by molar-refractivity contribution is -0.185. The Morgan fingerprint density at radius 1 is 1.17 bits per heavy atom. The molecule has 4 nitrogen and oxygen atoms in total. The molecule has 2 heterocycles. The molecular formula is C8H16N2O2. The highest BCUT2D eigenvalue weighted by atomic mass is 16.7. The number of piperidine rings is 1. The molecule has 4 heteroatoms. The molecule has 0 radical (unpaired) electrons. The smallest absolute Gasteiger partial charge is 0.170 e. The minimum atomic E-state index is -0.244. The van der Waals surface area contributed by atoms with Gasteiger partial charge in [0.1, 0.15) is 0 Å². The lowest BCUT2D eigenvalue weighted by Gasteiger charge is -2.36. The summed E-state index contributed by atoms with van der Waals surface area (Å²) in [6.07, 6.45) is 1.92. The van der Waals surface area contributed by atoms with Crippen LogP contribution in [-0.2, 0) is 9.47 Å². The third-order valence-electron chi connectivity index (χ3n) is 2.69. The summed E-state index contributed by atoms with van der Waals surface area (Å²) in [6.45, 7) is 4.15. The van der Waals surface area contributed by atoms with Crippen molar-refractivity contribution in [2.24, 2.45) is 5.73 Å². The molecule has 70 valence electrons. The molecule has 0 aromatic rings. The van der Waals surface area contributed by atoms with Gasteiger partial charge in [0, 0.05) is 32.6 Å². The first-order valence-corrected chi connectivity index (χ1v) is 4.55. The van der Waals surface area contributed by atoms with Crippen LogP contribution < -0.4 is 5.73 Å². The van der Waals surface area contributed by atoms with Crippen LogP contribution in [0.2, 0.25) is 0 Å². The molecule has 2 aliphatic rings. The van der Waals surface area contributed by atoms with Gasteiger partial charge in [0.05, 0.1) is 13.2 Å². The van der Waals surface area contributed by atoms with Crippen molar-refractivity contribution in [3.8, 4) is 0 Å². The highest BCUT2D eigenvalue weighted by Gasteiger charge is 2.39. The molecule has 2 fully saturated rings. The lowest BCUT2D eigenvalue weighted by Crippen LogP contribution is -2.46. The van der Waals surface area contributed by atoms with Crippen LogP contribution in [0.5, 0.6) is 0 Å². The zero-order valence-corrected chi connectivity index (χ0v) is 7.29. The molecule has 2 N–H and O–H groups in total. The van der Waals surface area contributed by atoms with Crippen molar-refractivity contribution >= 4 is 0 Å². The minimum absolute atomic E-state index is 0.244. The summed E-state index contributed by atoms with van der Waals surface area (Å²) < 4.78 is 11.2. The minimum Gasteiger partial charge on any atom is -0.347 e. The van der Waals surface area contributed by atoms with E-state index in [0.29, 0.717) is 6.67 Å². The SMILES string of the molecule is NCN1CCC2(CC1)OCCO2. The average Bonchev–Trinajstić information content (AvgIpc) is 2.55. The summed E-state index contributed by atoms with van der Waals surface area (Å²) in [5.74, 6) is -0.244. The summed E-state index contributed by atoms with van der Waals surface area (Å²) in [5.41, 5.74) is 5.53. The largest absolute Gasteiger partial charge is 0.347 e. The van der Waals surface area contributed by atoms with Gasteiger partial charge in [-0.05, 0) is 0 Å². The molecule has 0 aromatic heterocycles. The first-order valence-electron chi connectivity index (χ1n) is 4.55. The molecule has 2 saturated heterocycles. The molecular weight excluding hydrogens is 156 g/mol. The molecule has 0 unspecified atom stereocenters. The van der Waals surface area contributed by atoms with Gasteiger partial charge in [-0.1, -0.05) is 0 Å². The highest BCUT2D eigenvalue weighted by Crippen LogP contribution is 2.30. The van der Waals surface area contributed by atoms with Crippen LogP contribution in [0.3, 0.4) is 0 Å². The van der Waals surface area contributed by atoms with E-state index in [1.807, 2.05) is 0 Å². The summed E-state index contributed by atoms with van der Waals surface area (Å²) >= 11 is 0. The second-order valence-corrected chi connectivity index (χ2v) is 3.41. The molecule has 0 bridgehead atoms. The fourth-order valence-corrected chi connectivity index (χ4v) is 1.86. The maximum atomic E-state index is 5.58. The van der Waals surface area contributed by atoms with Crippen molar-refractivity contribution in [1.29, 1.82) is 0 Å². The van der Waals surface area contributed by atoms with E-state index in [1.165, 1.54) is 0 Å². The van der Waals surface area contributed by atoms with Crippen molar-refractivity contribution in [1.82, 2.24) is 4.90 Å². The van der Waals surface area contributed by atoms with Crippen molar-refractivity contribution in [3.05, 3.63) is 0 Å². The topological polar surface area (TPSA) is 47.7 Å². The van der Waals surface area contributed by atoms with E-state index in [-0.39, 0.29) is 5.79 Å². The van der Waals surface area contributed by atoms with Gasteiger partial charge in [0.15, 0.2) is 5.79 Å². The number of rotatable bonds is 1. The van der Waals surface area contributed by atoms with Crippen molar-refractivity contribution in [2.75, 3.05) is 33.0 Å². The van der Waals surface area contributed by atoms with Gasteiger partial charge in [-0.2, -0.15) is 0 Å². The molecule has 1 spiro atoms. The number of hydrogen-bond donors (Lipinski definition) is 1. The fraction of sp³-hybridized carbons (Fsp3) is 1.00. The predicted molar refractivity (Wildman–Crippen MR) is 44.5 cm³/mol. The van der Waals surface area contributed by atoms with Gasteiger partial charge < -0.3 is 15.2 Å². The maximum Gasteiger partial charge on any atom is 0.170 e. The Morgan fingerprint density at radius 3 is 2.25 bits per heavy atom. The second-order valence-electron chi connectivity index (χ2n) is 3.41. The van der Waals surface area contributed by atoms with Crippen LogP contribution in [0.25, 0.3) is 0 Å². The Labute approximate surface area is 72.6 Å². The summed E-state index contributed by atoms with van der Waals surface area (Å²) in [5, 5.41) is 0. The third kappa shape index (κ3) is 1.47. The molecule has 0 amide bonds. The predicted octanol–water partition coefficient (Wildman–Crippen LogP) is -0.259. The van der Waals surface area contributed by atoms with E-state index in [4.69, 9.17) is 15.2 Å². The lowest BCUT2D eigenvalue weighted by atomic mass is 10.0. The Kier molecular flexibility index (Phi) is 2.32. The van der Waals surface area contributed by atoms with E-state index >= 15 is 0 Å². The van der Waals surface area contributed by atoms with Crippen molar-refractivity contribution in [3.63, 3.8) is 0 Å². The fourth-order valence-electron chi connectivity index (χ4n) is 1.86. The number of ether oxygens (including phenoxy) is 2. The van der Waals surface area contributed by atoms with Gasteiger partial charge in [-0.25, -0.2) is 0 Å². The molecule has 0 atom stereocenters. The number of nitrogens with two attached hydrogens (primary N) is 1. The Morgan fingerprint density at radius 2 is 1.75 bits per heavy atom. The highest BCUT2D eigenvalue weighted by molar-refractivity contribution is 4.81. The standard InChI is InChI=1S/C8H16N2O2/c9-7-10-3-1-8(2-4-10)11-5-6-12-8/h1-7,9H2. The molecule has 0 saturated carbocycles. The number of hydrogen-bond acceptors (Lipinski definition) is 4. The molecule has 2 rings (SSSR count). The third-order valence-corrected chi connectivity index (χ3v) is 2.69. The average molecular weight is 172 g/mol. The molecule has 12 heavy (non-hydrogen) atoms. The summed E-state index contributed by atoms with van der Waals surface area (Å²) in [4.78, 5) is 2.22. The first kappa shape index (κ1) is 8.44. The van der Waals surface area contributed by atoms with Gasteiger partial charge in [0.2, 0.25) is 0 Å². The van der Waals surface area contributed by atoms with Crippen LogP contribution in [0, 0.1) is 0 Å². The Bertz CT molecular complexity index is 147. The normalized spacial score (nSPS) is 29.8.